The molecule has 7 heteroatoms. The van der Waals surface area contributed by atoms with Gasteiger partial charge in [-0.3, -0.25) is 4.99 Å². The zero-order valence-corrected chi connectivity index (χ0v) is 15.9. The summed E-state index contributed by atoms with van der Waals surface area (Å²) in [6.07, 6.45) is 5.53. The van der Waals surface area contributed by atoms with Gasteiger partial charge >= 0.3 is 0 Å². The van der Waals surface area contributed by atoms with E-state index < -0.39 is 9.84 Å². The topological polar surface area (TPSA) is 83.7 Å². The molecular formula is C18H29N3O3S. The van der Waals surface area contributed by atoms with Crippen molar-refractivity contribution >= 4 is 15.8 Å². The lowest BCUT2D eigenvalue weighted by Gasteiger charge is -2.21. The molecular weight excluding hydrogens is 338 g/mol. The van der Waals surface area contributed by atoms with Crippen molar-refractivity contribution in [1.82, 2.24) is 10.6 Å². The van der Waals surface area contributed by atoms with E-state index in [1.165, 1.54) is 12.8 Å². The number of hydrogen-bond acceptors (Lipinski definition) is 4. The van der Waals surface area contributed by atoms with Gasteiger partial charge in [-0.25, -0.2) is 8.42 Å². The van der Waals surface area contributed by atoms with Crippen molar-refractivity contribution < 1.29 is 12.8 Å². The van der Waals surface area contributed by atoms with Crippen LogP contribution in [0.4, 0.5) is 0 Å². The largest absolute Gasteiger partial charge is 0.464 e. The minimum absolute atomic E-state index is 0.00802. The van der Waals surface area contributed by atoms with Crippen LogP contribution in [0.3, 0.4) is 0 Å². The van der Waals surface area contributed by atoms with E-state index in [1.54, 1.807) is 0 Å². The van der Waals surface area contributed by atoms with Crippen LogP contribution in [-0.4, -0.2) is 38.5 Å². The fraction of sp³-hybridized carbons (Fsp3) is 0.722. The van der Waals surface area contributed by atoms with Crippen LogP contribution >= 0.6 is 0 Å². The van der Waals surface area contributed by atoms with Crippen molar-refractivity contribution in [3.8, 4) is 0 Å². The number of aliphatic imine (C=N–C) groups is 1. The van der Waals surface area contributed by atoms with Crippen molar-refractivity contribution in [3.63, 3.8) is 0 Å². The first-order chi connectivity index (χ1) is 11.9. The van der Waals surface area contributed by atoms with Crippen molar-refractivity contribution in [1.29, 1.82) is 0 Å². The lowest BCUT2D eigenvalue weighted by atomic mass is 10.1. The molecule has 2 N–H and O–H groups in total. The lowest BCUT2D eigenvalue weighted by molar-refractivity contribution is 0.439. The summed E-state index contributed by atoms with van der Waals surface area (Å²) in [5, 5.41) is 6.93. The monoisotopic (exact) mass is 367 g/mol. The van der Waals surface area contributed by atoms with Crippen LogP contribution in [0.5, 0.6) is 0 Å². The molecule has 1 aliphatic heterocycles. The van der Waals surface area contributed by atoms with Crippen LogP contribution < -0.4 is 10.6 Å². The van der Waals surface area contributed by atoms with Crippen molar-refractivity contribution in [3.05, 3.63) is 23.7 Å². The average Bonchev–Trinajstić information content (AvgIpc) is 3.27. The standard InChI is InChI=1S/C18H29N3O3S/c1-13-7-8-17(24-13)14(2)20-18(21-16-5-3-4-6-16)19-11-15-9-10-25(22,23)12-15/h7-8,14-16H,3-6,9-12H2,1-2H3,(H2,19,20,21). The molecule has 0 amide bonds. The Kier molecular flexibility index (Phi) is 5.71. The summed E-state index contributed by atoms with van der Waals surface area (Å²) in [6.45, 7) is 4.53. The first-order valence-corrected chi connectivity index (χ1v) is 11.1. The highest BCUT2D eigenvalue weighted by Crippen LogP contribution is 2.20. The predicted octanol–water partition coefficient (Wildman–Crippen LogP) is 2.56. The second-order valence-corrected chi connectivity index (χ2v) is 9.63. The Bertz CT molecular complexity index is 705. The van der Waals surface area contributed by atoms with Gasteiger partial charge < -0.3 is 15.1 Å². The summed E-state index contributed by atoms with van der Waals surface area (Å²) in [4.78, 5) is 4.70. The first-order valence-electron chi connectivity index (χ1n) is 9.25. The van der Waals surface area contributed by atoms with Gasteiger partial charge in [-0.15, -0.1) is 0 Å². The summed E-state index contributed by atoms with van der Waals surface area (Å²) in [7, 11) is -2.85. The van der Waals surface area contributed by atoms with Crippen LogP contribution in [0.2, 0.25) is 0 Å². The maximum absolute atomic E-state index is 11.6. The van der Waals surface area contributed by atoms with E-state index in [9.17, 15) is 8.42 Å². The molecule has 1 saturated heterocycles. The molecule has 1 aliphatic carbocycles. The van der Waals surface area contributed by atoms with Crippen LogP contribution in [0.15, 0.2) is 21.5 Å². The third-order valence-electron chi connectivity index (χ3n) is 5.07. The van der Waals surface area contributed by atoms with Gasteiger partial charge in [-0.2, -0.15) is 0 Å². The number of guanidine groups is 1. The van der Waals surface area contributed by atoms with Gasteiger partial charge in [-0.05, 0) is 51.2 Å². The van der Waals surface area contributed by atoms with Gasteiger partial charge in [0.25, 0.3) is 0 Å². The molecule has 3 rings (SSSR count). The Hall–Kier alpha value is -1.50. The maximum atomic E-state index is 11.6. The minimum atomic E-state index is -2.85. The Labute approximate surface area is 150 Å². The molecule has 25 heavy (non-hydrogen) atoms. The van der Waals surface area contributed by atoms with Crippen molar-refractivity contribution in [2.24, 2.45) is 10.9 Å². The number of hydrogen-bond donors (Lipinski definition) is 2. The second kappa shape index (κ2) is 7.81. The molecule has 1 aromatic heterocycles. The highest BCUT2D eigenvalue weighted by molar-refractivity contribution is 7.91. The molecule has 0 bridgehead atoms. The summed E-state index contributed by atoms with van der Waals surface area (Å²) in [5.74, 6) is 3.23. The van der Waals surface area contributed by atoms with E-state index >= 15 is 0 Å². The number of nitrogens with zero attached hydrogens (tertiary/aromatic N) is 1. The molecule has 1 aromatic rings. The molecule has 6 nitrogen and oxygen atoms in total. The van der Waals surface area contributed by atoms with E-state index in [0.717, 1.165) is 36.7 Å². The third-order valence-corrected chi connectivity index (χ3v) is 6.91. The molecule has 2 fully saturated rings. The molecule has 1 saturated carbocycles. The van der Waals surface area contributed by atoms with Gasteiger partial charge in [0.2, 0.25) is 0 Å². The van der Waals surface area contributed by atoms with Crippen LogP contribution in [0, 0.1) is 12.8 Å². The molecule has 2 aliphatic rings. The predicted molar refractivity (Wildman–Crippen MR) is 99.5 cm³/mol. The fourth-order valence-corrected chi connectivity index (χ4v) is 5.44. The Morgan fingerprint density at radius 2 is 2.08 bits per heavy atom. The van der Waals surface area contributed by atoms with Gasteiger partial charge in [0.1, 0.15) is 11.5 Å². The van der Waals surface area contributed by atoms with Crippen molar-refractivity contribution in [2.75, 3.05) is 18.1 Å². The van der Waals surface area contributed by atoms with Gasteiger partial charge in [-0.1, -0.05) is 12.8 Å². The second-order valence-electron chi connectivity index (χ2n) is 7.40. The molecule has 0 radical (unpaired) electrons. The number of rotatable bonds is 5. The maximum Gasteiger partial charge on any atom is 0.192 e. The first kappa shape index (κ1) is 18.3. The van der Waals surface area contributed by atoms with Crippen LogP contribution in [-0.2, 0) is 9.84 Å². The molecule has 0 spiro atoms. The third kappa shape index (κ3) is 5.23. The van der Waals surface area contributed by atoms with Crippen LogP contribution in [0.1, 0.15) is 56.6 Å². The number of aryl methyl sites for hydroxylation is 1. The van der Waals surface area contributed by atoms with Crippen molar-refractivity contribution in [2.45, 2.75) is 58.0 Å². The molecule has 2 unspecified atom stereocenters. The number of furan rings is 1. The summed E-state index contributed by atoms with van der Waals surface area (Å²) in [5.41, 5.74) is 0. The van der Waals surface area contributed by atoms with Gasteiger partial charge in [0, 0.05) is 12.6 Å². The SMILES string of the molecule is Cc1ccc(C(C)NC(=NCC2CCS(=O)(=O)C2)NC2CCCC2)o1. The zero-order valence-electron chi connectivity index (χ0n) is 15.1. The summed E-state index contributed by atoms with van der Waals surface area (Å²) < 4.78 is 29.0. The fourth-order valence-electron chi connectivity index (χ4n) is 3.60. The Morgan fingerprint density at radius 3 is 2.68 bits per heavy atom. The molecule has 2 atom stereocenters. The van der Waals surface area contributed by atoms with Gasteiger partial charge in [0.05, 0.1) is 17.5 Å². The lowest BCUT2D eigenvalue weighted by Crippen LogP contribution is -2.43. The summed E-state index contributed by atoms with van der Waals surface area (Å²) >= 11 is 0. The average molecular weight is 368 g/mol. The van der Waals surface area contributed by atoms with E-state index in [1.807, 2.05) is 26.0 Å². The van der Waals surface area contributed by atoms with Crippen LogP contribution in [0.25, 0.3) is 0 Å². The van der Waals surface area contributed by atoms with E-state index in [2.05, 4.69) is 10.6 Å². The zero-order chi connectivity index (χ0) is 17.9. The summed E-state index contributed by atoms with van der Waals surface area (Å²) in [6, 6.07) is 4.39. The number of nitrogens with one attached hydrogen (secondary N) is 2. The van der Waals surface area contributed by atoms with Gasteiger partial charge in [0.15, 0.2) is 15.8 Å². The Morgan fingerprint density at radius 1 is 1.32 bits per heavy atom. The molecule has 140 valence electrons. The van der Waals surface area contributed by atoms with E-state index in [-0.39, 0.29) is 17.7 Å². The van der Waals surface area contributed by atoms with E-state index in [4.69, 9.17) is 9.41 Å². The molecule has 0 aromatic carbocycles. The highest BCUT2D eigenvalue weighted by Gasteiger charge is 2.28. The Balaban J connectivity index is 1.64. The minimum Gasteiger partial charge on any atom is -0.464 e. The number of sulfone groups is 1. The van der Waals surface area contributed by atoms with E-state index in [0.29, 0.717) is 18.3 Å². The smallest absolute Gasteiger partial charge is 0.192 e. The highest BCUT2D eigenvalue weighted by atomic mass is 32.2. The quantitative estimate of drug-likeness (QED) is 0.617. The molecule has 2 heterocycles. The normalized spacial score (nSPS) is 25.2.